The minimum atomic E-state index is -0.931. The Hall–Kier alpha value is -1.65. The van der Waals surface area contributed by atoms with Crippen molar-refractivity contribution in [3.63, 3.8) is 0 Å². The molecule has 0 saturated heterocycles. The zero-order valence-electron chi connectivity index (χ0n) is 12.0. The van der Waals surface area contributed by atoms with Crippen molar-refractivity contribution in [3.05, 3.63) is 24.3 Å². The molecule has 0 aliphatic carbocycles. The second-order valence-corrected chi connectivity index (χ2v) is 4.98. The number of hydrogen-bond acceptors (Lipinski definition) is 4. The van der Waals surface area contributed by atoms with Crippen LogP contribution in [0, 0.1) is 0 Å². The maximum Gasteiger partial charge on any atom is 0.866 e. The molecule has 1 aromatic rings. The van der Waals surface area contributed by atoms with Gasteiger partial charge in [0, 0.05) is 6.42 Å². The molecule has 1 heterocycles. The first kappa shape index (κ1) is 14.8. The van der Waals surface area contributed by atoms with Gasteiger partial charge in [-0.2, -0.15) is 0 Å². The molecule has 1 aliphatic heterocycles. The van der Waals surface area contributed by atoms with E-state index in [9.17, 15) is 4.79 Å². The standard InChI is InChI=1S/C15H21BO4/c1-2-3-4-5-6-7-12-15(17)20-16-18-13-10-8-9-11-14(13)19-16/h8-11H,2-7,12H2,1H3. The van der Waals surface area contributed by atoms with Crippen LogP contribution in [0.1, 0.15) is 51.9 Å². The lowest BCUT2D eigenvalue weighted by molar-refractivity contribution is -0.136. The highest BCUT2D eigenvalue weighted by molar-refractivity contribution is 6.42. The Morgan fingerprint density at radius 1 is 1.05 bits per heavy atom. The van der Waals surface area contributed by atoms with E-state index in [0.29, 0.717) is 17.9 Å². The van der Waals surface area contributed by atoms with Crippen molar-refractivity contribution in [3.8, 4) is 11.5 Å². The summed E-state index contributed by atoms with van der Waals surface area (Å²) in [5, 5.41) is 0. The Bertz CT molecular complexity index is 411. The first-order chi connectivity index (χ1) is 9.79. The predicted molar refractivity (Wildman–Crippen MR) is 77.5 cm³/mol. The van der Waals surface area contributed by atoms with Crippen LogP contribution in [-0.2, 0) is 9.45 Å². The quantitative estimate of drug-likeness (QED) is 0.536. The minimum Gasteiger partial charge on any atom is -0.486 e. The molecule has 0 radical (unpaired) electrons. The van der Waals surface area contributed by atoms with Crippen molar-refractivity contribution in [2.45, 2.75) is 51.9 Å². The summed E-state index contributed by atoms with van der Waals surface area (Å²) in [5.41, 5.74) is 0. The third-order valence-corrected chi connectivity index (χ3v) is 3.26. The van der Waals surface area contributed by atoms with Gasteiger partial charge < -0.3 is 14.0 Å². The van der Waals surface area contributed by atoms with Crippen LogP contribution in [0.4, 0.5) is 0 Å². The highest BCUT2D eigenvalue weighted by Gasteiger charge is 2.38. The van der Waals surface area contributed by atoms with Gasteiger partial charge in [-0.25, -0.2) is 0 Å². The maximum absolute atomic E-state index is 11.7. The van der Waals surface area contributed by atoms with Crippen molar-refractivity contribution in [1.82, 2.24) is 0 Å². The summed E-state index contributed by atoms with van der Waals surface area (Å²) in [6, 6.07) is 7.28. The molecule has 2 rings (SSSR count). The molecule has 0 N–H and O–H groups in total. The number of carbonyl (C=O) groups excluding carboxylic acids is 1. The summed E-state index contributed by atoms with van der Waals surface area (Å²) in [6.45, 7) is 2.19. The van der Waals surface area contributed by atoms with Gasteiger partial charge in [-0.05, 0) is 18.6 Å². The van der Waals surface area contributed by atoms with Gasteiger partial charge in [-0.15, -0.1) is 0 Å². The average molecular weight is 276 g/mol. The van der Waals surface area contributed by atoms with Gasteiger partial charge in [0.25, 0.3) is 5.97 Å². The molecule has 0 saturated carbocycles. The summed E-state index contributed by atoms with van der Waals surface area (Å²) in [5.74, 6) is 0.966. The van der Waals surface area contributed by atoms with E-state index < -0.39 is 7.32 Å². The molecular formula is C15H21BO4. The number of hydrogen-bond donors (Lipinski definition) is 0. The molecule has 4 nitrogen and oxygen atoms in total. The first-order valence-corrected chi connectivity index (χ1v) is 7.41. The summed E-state index contributed by atoms with van der Waals surface area (Å²) in [6.07, 6.45) is 7.29. The highest BCUT2D eigenvalue weighted by atomic mass is 16.8. The lowest BCUT2D eigenvalue weighted by atomic mass is 10.1. The van der Waals surface area contributed by atoms with Gasteiger partial charge in [0.05, 0.1) is 0 Å². The van der Waals surface area contributed by atoms with Gasteiger partial charge in [-0.1, -0.05) is 51.2 Å². The van der Waals surface area contributed by atoms with Crippen LogP contribution in [0.15, 0.2) is 24.3 Å². The smallest absolute Gasteiger partial charge is 0.486 e. The first-order valence-electron chi connectivity index (χ1n) is 7.41. The number of fused-ring (bicyclic) bond motifs is 1. The average Bonchev–Trinajstić information content (AvgIpc) is 2.84. The summed E-state index contributed by atoms with van der Waals surface area (Å²) in [7, 11) is -0.931. The summed E-state index contributed by atoms with van der Waals surface area (Å²) in [4.78, 5) is 11.7. The highest BCUT2D eigenvalue weighted by Crippen LogP contribution is 2.32. The molecule has 0 amide bonds. The number of benzene rings is 1. The SMILES string of the molecule is CCCCCCCCC(=O)OB1Oc2ccccc2O1. The Morgan fingerprint density at radius 3 is 2.30 bits per heavy atom. The third kappa shape index (κ3) is 4.47. The van der Waals surface area contributed by atoms with Crippen LogP contribution in [0.25, 0.3) is 0 Å². The molecule has 0 aromatic heterocycles. The predicted octanol–water partition coefficient (Wildman–Crippen LogP) is 3.74. The summed E-state index contributed by atoms with van der Waals surface area (Å²) >= 11 is 0. The zero-order chi connectivity index (χ0) is 14.2. The fourth-order valence-corrected chi connectivity index (χ4v) is 2.14. The van der Waals surface area contributed by atoms with Crippen LogP contribution in [0.2, 0.25) is 0 Å². The fourth-order valence-electron chi connectivity index (χ4n) is 2.14. The Labute approximate surface area is 120 Å². The van der Waals surface area contributed by atoms with E-state index >= 15 is 0 Å². The van der Waals surface area contributed by atoms with Crippen molar-refractivity contribution >= 4 is 13.3 Å². The van der Waals surface area contributed by atoms with E-state index in [4.69, 9.17) is 14.0 Å². The zero-order valence-corrected chi connectivity index (χ0v) is 12.0. The topological polar surface area (TPSA) is 44.8 Å². The molecule has 0 bridgehead atoms. The van der Waals surface area contributed by atoms with E-state index in [2.05, 4.69) is 6.92 Å². The van der Waals surface area contributed by atoms with Gasteiger partial charge >= 0.3 is 7.32 Å². The van der Waals surface area contributed by atoms with Crippen molar-refractivity contribution < 1.29 is 18.8 Å². The Balaban J connectivity index is 1.59. The van der Waals surface area contributed by atoms with E-state index in [1.165, 1.54) is 25.7 Å². The van der Waals surface area contributed by atoms with Crippen molar-refractivity contribution in [2.24, 2.45) is 0 Å². The minimum absolute atomic E-state index is 0.265. The van der Waals surface area contributed by atoms with Gasteiger partial charge in [0.2, 0.25) is 0 Å². The van der Waals surface area contributed by atoms with Crippen LogP contribution in [0.3, 0.4) is 0 Å². The van der Waals surface area contributed by atoms with E-state index in [-0.39, 0.29) is 5.97 Å². The van der Waals surface area contributed by atoms with Crippen molar-refractivity contribution in [1.29, 1.82) is 0 Å². The molecule has 1 aliphatic rings. The number of carbonyl (C=O) groups is 1. The lowest BCUT2D eigenvalue weighted by Gasteiger charge is -2.05. The maximum atomic E-state index is 11.7. The normalized spacial score (nSPS) is 12.6. The fraction of sp³-hybridized carbons (Fsp3) is 0.533. The van der Waals surface area contributed by atoms with Gasteiger partial charge in [-0.3, -0.25) is 4.79 Å². The molecule has 0 atom stereocenters. The largest absolute Gasteiger partial charge is 0.866 e. The van der Waals surface area contributed by atoms with Crippen LogP contribution >= 0.6 is 0 Å². The molecule has 0 unspecified atom stereocenters. The van der Waals surface area contributed by atoms with Gasteiger partial charge in [0.1, 0.15) is 11.5 Å². The van der Waals surface area contributed by atoms with Crippen LogP contribution in [0.5, 0.6) is 11.5 Å². The monoisotopic (exact) mass is 276 g/mol. The molecule has 5 heteroatoms. The lowest BCUT2D eigenvalue weighted by Crippen LogP contribution is -2.31. The molecule has 1 aromatic carbocycles. The second kappa shape index (κ2) is 7.83. The molecule has 108 valence electrons. The molecule has 0 fully saturated rings. The van der Waals surface area contributed by atoms with E-state index in [0.717, 1.165) is 12.8 Å². The second-order valence-electron chi connectivity index (χ2n) is 4.98. The summed E-state index contributed by atoms with van der Waals surface area (Å²) < 4.78 is 15.9. The van der Waals surface area contributed by atoms with E-state index in [1.807, 2.05) is 12.1 Å². The van der Waals surface area contributed by atoms with Crippen LogP contribution < -0.4 is 9.31 Å². The Morgan fingerprint density at radius 2 is 1.65 bits per heavy atom. The number of para-hydroxylation sites is 2. The molecular weight excluding hydrogens is 255 g/mol. The molecule has 0 spiro atoms. The van der Waals surface area contributed by atoms with Crippen LogP contribution in [-0.4, -0.2) is 13.3 Å². The Kier molecular flexibility index (Phi) is 5.77. The molecule has 20 heavy (non-hydrogen) atoms. The number of rotatable bonds is 8. The van der Waals surface area contributed by atoms with Gasteiger partial charge in [0.15, 0.2) is 0 Å². The van der Waals surface area contributed by atoms with E-state index in [1.54, 1.807) is 12.1 Å². The van der Waals surface area contributed by atoms with Crippen molar-refractivity contribution in [2.75, 3.05) is 0 Å². The third-order valence-electron chi connectivity index (χ3n) is 3.26. The number of unbranched alkanes of at least 4 members (excludes halogenated alkanes) is 5.